The highest BCUT2D eigenvalue weighted by Crippen LogP contribution is 2.00. The van der Waals surface area contributed by atoms with Crippen LogP contribution in [0.15, 0.2) is 29.6 Å². The first-order valence-corrected chi connectivity index (χ1v) is 3.06. The summed E-state index contributed by atoms with van der Waals surface area (Å²) in [5.41, 5.74) is 0.728. The number of hydrogen-bond donors (Lipinski definition) is 1. The molecule has 0 aliphatic carbocycles. The molecule has 0 saturated heterocycles. The molecule has 60 valence electrons. The van der Waals surface area contributed by atoms with Crippen molar-refractivity contribution in [3.63, 3.8) is 0 Å². The van der Waals surface area contributed by atoms with Crippen LogP contribution in [0.3, 0.4) is 0 Å². The van der Waals surface area contributed by atoms with E-state index < -0.39 is 0 Å². The number of halogens is 2. The summed E-state index contributed by atoms with van der Waals surface area (Å²) in [5.74, 6) is 4.93. The minimum Gasteiger partial charge on any atom is -0.322 e. The first-order chi connectivity index (χ1) is 4.84. The average Bonchev–Trinajstić information content (AvgIpc) is 2.05. The van der Waals surface area contributed by atoms with Gasteiger partial charge in [-0.3, -0.25) is 4.98 Å². The molecule has 0 unspecified atom stereocenters. The fourth-order valence-corrected chi connectivity index (χ4v) is 0.671. The summed E-state index contributed by atoms with van der Waals surface area (Å²) in [4.78, 5) is 3.83. The van der Waals surface area contributed by atoms with Gasteiger partial charge in [0, 0.05) is 18.0 Å². The van der Waals surface area contributed by atoms with Crippen molar-refractivity contribution in [2.45, 2.75) is 0 Å². The van der Waals surface area contributed by atoms with Crippen molar-refractivity contribution in [2.75, 3.05) is 0 Å². The SMILES string of the molecule is Cl.NN=C(Cl)c1cccnc1. The first kappa shape index (κ1) is 10.2. The molecule has 1 rings (SSSR count). The van der Waals surface area contributed by atoms with E-state index in [0.29, 0.717) is 0 Å². The molecule has 5 heteroatoms. The summed E-state index contributed by atoms with van der Waals surface area (Å²) in [6.07, 6.45) is 3.25. The molecule has 11 heavy (non-hydrogen) atoms. The number of aromatic nitrogens is 1. The minimum atomic E-state index is 0. The van der Waals surface area contributed by atoms with Gasteiger partial charge in [-0.15, -0.1) is 12.4 Å². The molecule has 0 aliphatic heterocycles. The molecule has 1 aromatic heterocycles. The van der Waals surface area contributed by atoms with Gasteiger partial charge >= 0.3 is 0 Å². The average molecular weight is 192 g/mol. The lowest BCUT2D eigenvalue weighted by atomic mass is 10.3. The number of nitrogens with two attached hydrogens (primary N) is 1. The Morgan fingerprint density at radius 2 is 2.36 bits per heavy atom. The third-order valence-corrected chi connectivity index (χ3v) is 1.33. The van der Waals surface area contributed by atoms with Gasteiger partial charge in [-0.1, -0.05) is 11.6 Å². The smallest absolute Gasteiger partial charge is 0.157 e. The van der Waals surface area contributed by atoms with Crippen LogP contribution in [-0.4, -0.2) is 10.2 Å². The predicted octanol–water partition coefficient (Wildman–Crippen LogP) is 1.36. The van der Waals surface area contributed by atoms with Crippen molar-refractivity contribution in [3.8, 4) is 0 Å². The first-order valence-electron chi connectivity index (χ1n) is 2.68. The molecular formula is C6H7Cl2N3. The van der Waals surface area contributed by atoms with Crippen LogP contribution in [0, 0.1) is 0 Å². The second-order valence-electron chi connectivity index (χ2n) is 1.66. The normalized spacial score (nSPS) is 10.5. The fourth-order valence-electron chi connectivity index (χ4n) is 0.559. The molecule has 1 heterocycles. The van der Waals surface area contributed by atoms with Crippen molar-refractivity contribution in [1.29, 1.82) is 0 Å². The molecule has 0 fully saturated rings. The number of pyridine rings is 1. The molecule has 0 spiro atoms. The van der Waals surface area contributed by atoms with Gasteiger partial charge in [0.05, 0.1) is 0 Å². The summed E-state index contributed by atoms with van der Waals surface area (Å²) < 4.78 is 0. The largest absolute Gasteiger partial charge is 0.322 e. The molecular weight excluding hydrogens is 185 g/mol. The van der Waals surface area contributed by atoms with E-state index in [1.165, 1.54) is 0 Å². The molecule has 0 bridgehead atoms. The van der Waals surface area contributed by atoms with Gasteiger partial charge < -0.3 is 5.84 Å². The quantitative estimate of drug-likeness (QED) is 0.415. The van der Waals surface area contributed by atoms with E-state index in [4.69, 9.17) is 17.4 Å². The maximum atomic E-state index is 5.58. The summed E-state index contributed by atoms with van der Waals surface area (Å²) >= 11 is 5.58. The maximum absolute atomic E-state index is 5.58. The summed E-state index contributed by atoms with van der Waals surface area (Å²) in [7, 11) is 0. The van der Waals surface area contributed by atoms with E-state index in [2.05, 4.69) is 10.1 Å². The molecule has 0 saturated carbocycles. The molecule has 3 nitrogen and oxygen atoms in total. The van der Waals surface area contributed by atoms with Gasteiger partial charge in [-0.2, -0.15) is 5.10 Å². The Kier molecular flexibility index (Phi) is 4.57. The Labute approximate surface area is 75.7 Å². The standard InChI is InChI=1S/C6H6ClN3.ClH/c7-6(10-8)5-2-1-3-9-4-5;/h1-4H,8H2;1H. The van der Waals surface area contributed by atoms with Gasteiger partial charge in [0.2, 0.25) is 0 Å². The van der Waals surface area contributed by atoms with Crippen LogP contribution in [-0.2, 0) is 0 Å². The third-order valence-electron chi connectivity index (χ3n) is 1.01. The Bertz CT molecular complexity index is 235. The Hall–Kier alpha value is -0.800. The zero-order valence-corrected chi connectivity index (χ0v) is 7.14. The Morgan fingerprint density at radius 3 is 2.82 bits per heavy atom. The van der Waals surface area contributed by atoms with Crippen LogP contribution in [0.4, 0.5) is 0 Å². The van der Waals surface area contributed by atoms with Gasteiger partial charge in [0.15, 0.2) is 5.17 Å². The van der Waals surface area contributed by atoms with Crippen molar-refractivity contribution in [1.82, 2.24) is 4.98 Å². The number of nitrogens with zero attached hydrogens (tertiary/aromatic N) is 2. The molecule has 2 N–H and O–H groups in total. The van der Waals surface area contributed by atoms with Gasteiger partial charge in [0.25, 0.3) is 0 Å². The lowest BCUT2D eigenvalue weighted by Crippen LogP contribution is -1.95. The minimum absolute atomic E-state index is 0. The van der Waals surface area contributed by atoms with Gasteiger partial charge in [0.1, 0.15) is 0 Å². The van der Waals surface area contributed by atoms with E-state index in [0.717, 1.165) is 5.56 Å². The zero-order chi connectivity index (χ0) is 7.40. The van der Waals surface area contributed by atoms with Crippen molar-refractivity contribution >= 4 is 29.2 Å². The molecule has 0 aliphatic rings. The maximum Gasteiger partial charge on any atom is 0.157 e. The van der Waals surface area contributed by atoms with E-state index in [9.17, 15) is 0 Å². The predicted molar refractivity (Wildman–Crippen MR) is 48.1 cm³/mol. The van der Waals surface area contributed by atoms with Crippen LogP contribution in [0.25, 0.3) is 0 Å². The number of rotatable bonds is 1. The topological polar surface area (TPSA) is 51.3 Å². The van der Waals surface area contributed by atoms with Crippen molar-refractivity contribution < 1.29 is 0 Å². The van der Waals surface area contributed by atoms with Crippen LogP contribution < -0.4 is 5.84 Å². The summed E-state index contributed by atoms with van der Waals surface area (Å²) in [6.45, 7) is 0. The van der Waals surface area contributed by atoms with E-state index in [1.807, 2.05) is 0 Å². The van der Waals surface area contributed by atoms with Gasteiger partial charge in [-0.25, -0.2) is 0 Å². The fraction of sp³-hybridized carbons (Fsp3) is 0. The van der Waals surface area contributed by atoms with Crippen LogP contribution >= 0.6 is 24.0 Å². The van der Waals surface area contributed by atoms with Crippen LogP contribution in [0.5, 0.6) is 0 Å². The van der Waals surface area contributed by atoms with E-state index >= 15 is 0 Å². The highest BCUT2D eigenvalue weighted by atomic mass is 35.5. The summed E-state index contributed by atoms with van der Waals surface area (Å²) in [5, 5.41) is 3.57. The molecule has 0 aromatic carbocycles. The highest BCUT2D eigenvalue weighted by molar-refractivity contribution is 6.69. The third kappa shape index (κ3) is 2.74. The summed E-state index contributed by atoms with van der Waals surface area (Å²) in [6, 6.07) is 3.55. The van der Waals surface area contributed by atoms with Gasteiger partial charge in [-0.05, 0) is 12.1 Å². The lowest BCUT2D eigenvalue weighted by Gasteiger charge is -1.92. The van der Waals surface area contributed by atoms with E-state index in [-0.39, 0.29) is 17.6 Å². The Balaban J connectivity index is 0.000001000. The van der Waals surface area contributed by atoms with Crippen molar-refractivity contribution in [2.24, 2.45) is 10.9 Å². The molecule has 0 atom stereocenters. The molecule has 1 aromatic rings. The zero-order valence-electron chi connectivity index (χ0n) is 5.57. The van der Waals surface area contributed by atoms with Crippen molar-refractivity contribution in [3.05, 3.63) is 30.1 Å². The number of hydrazone groups is 1. The monoisotopic (exact) mass is 191 g/mol. The number of hydrogen-bond acceptors (Lipinski definition) is 3. The second-order valence-corrected chi connectivity index (χ2v) is 2.02. The molecule has 0 radical (unpaired) electrons. The Morgan fingerprint density at radius 1 is 1.64 bits per heavy atom. The lowest BCUT2D eigenvalue weighted by molar-refractivity contribution is 1.25. The van der Waals surface area contributed by atoms with Crippen LogP contribution in [0.1, 0.15) is 5.56 Å². The van der Waals surface area contributed by atoms with Crippen LogP contribution in [0.2, 0.25) is 0 Å². The highest BCUT2D eigenvalue weighted by Gasteiger charge is 1.95. The molecule has 0 amide bonds. The van der Waals surface area contributed by atoms with E-state index in [1.54, 1.807) is 24.5 Å². The second kappa shape index (κ2) is 4.93.